The minimum absolute atomic E-state index is 0.113. The topological polar surface area (TPSA) is 38.8 Å². The maximum Gasteiger partial charge on any atom is 0.227 e. The van der Waals surface area contributed by atoms with Crippen molar-refractivity contribution in [2.24, 2.45) is 0 Å². The number of methoxy groups -OCH3 is 2. The summed E-state index contributed by atoms with van der Waals surface area (Å²) in [7, 11) is 3.18. The fourth-order valence-corrected chi connectivity index (χ4v) is 3.54. The Labute approximate surface area is 153 Å². The van der Waals surface area contributed by atoms with E-state index in [9.17, 15) is 9.18 Å². The van der Waals surface area contributed by atoms with Gasteiger partial charge in [-0.1, -0.05) is 18.2 Å². The van der Waals surface area contributed by atoms with E-state index < -0.39 is 0 Å². The van der Waals surface area contributed by atoms with Crippen LogP contribution in [0.4, 0.5) is 4.39 Å². The van der Waals surface area contributed by atoms with E-state index in [1.807, 2.05) is 23.1 Å². The Kier molecular flexibility index (Phi) is 5.76. The minimum atomic E-state index is -0.235. The number of ether oxygens (including phenoxy) is 2. The molecular weight excluding hydrogens is 333 g/mol. The van der Waals surface area contributed by atoms with Crippen LogP contribution in [0.5, 0.6) is 11.5 Å². The van der Waals surface area contributed by atoms with Gasteiger partial charge in [0.1, 0.15) is 5.82 Å². The molecule has 1 unspecified atom stereocenters. The second-order valence-electron chi connectivity index (χ2n) is 6.58. The molecule has 0 bridgehead atoms. The second-order valence-corrected chi connectivity index (χ2v) is 6.58. The predicted molar refractivity (Wildman–Crippen MR) is 98.1 cm³/mol. The molecule has 4 nitrogen and oxygen atoms in total. The van der Waals surface area contributed by atoms with Crippen LogP contribution in [0.25, 0.3) is 0 Å². The molecule has 0 saturated carbocycles. The van der Waals surface area contributed by atoms with Gasteiger partial charge in [0.15, 0.2) is 11.5 Å². The molecule has 0 radical (unpaired) electrons. The summed E-state index contributed by atoms with van der Waals surface area (Å²) in [6.45, 7) is 0.776. The molecule has 2 aromatic rings. The molecule has 5 heteroatoms. The summed E-state index contributed by atoms with van der Waals surface area (Å²) in [5, 5.41) is 0. The van der Waals surface area contributed by atoms with Crippen LogP contribution in [0.15, 0.2) is 42.5 Å². The summed E-state index contributed by atoms with van der Waals surface area (Å²) in [5.74, 6) is 1.16. The van der Waals surface area contributed by atoms with Crippen molar-refractivity contribution in [1.82, 2.24) is 4.90 Å². The number of likely N-dealkylation sites (tertiary alicyclic amines) is 1. The summed E-state index contributed by atoms with van der Waals surface area (Å²) in [4.78, 5) is 14.8. The quantitative estimate of drug-likeness (QED) is 0.793. The monoisotopic (exact) mass is 357 g/mol. The van der Waals surface area contributed by atoms with Crippen molar-refractivity contribution >= 4 is 5.91 Å². The van der Waals surface area contributed by atoms with E-state index in [0.29, 0.717) is 17.9 Å². The number of carbonyl (C=O) groups excluding carboxylic acids is 1. The van der Waals surface area contributed by atoms with Crippen LogP contribution in [-0.4, -0.2) is 37.6 Å². The first-order valence-electron chi connectivity index (χ1n) is 8.85. The van der Waals surface area contributed by atoms with Gasteiger partial charge in [-0.05, 0) is 54.7 Å². The smallest absolute Gasteiger partial charge is 0.227 e. The second kappa shape index (κ2) is 8.21. The Morgan fingerprint density at radius 2 is 1.77 bits per heavy atom. The van der Waals surface area contributed by atoms with Gasteiger partial charge >= 0.3 is 0 Å². The summed E-state index contributed by atoms with van der Waals surface area (Å²) >= 11 is 0. The van der Waals surface area contributed by atoms with Gasteiger partial charge in [0.2, 0.25) is 5.91 Å². The highest BCUT2D eigenvalue weighted by atomic mass is 19.1. The number of halogens is 1. The molecule has 1 amide bonds. The van der Waals surface area contributed by atoms with Crippen LogP contribution in [0.3, 0.4) is 0 Å². The van der Waals surface area contributed by atoms with Gasteiger partial charge in [-0.25, -0.2) is 4.39 Å². The average Bonchev–Trinajstić information content (AvgIpc) is 3.11. The van der Waals surface area contributed by atoms with Crippen molar-refractivity contribution in [1.29, 1.82) is 0 Å². The Balaban J connectivity index is 1.67. The van der Waals surface area contributed by atoms with Crippen LogP contribution >= 0.6 is 0 Å². The number of rotatable bonds is 6. The fraction of sp³-hybridized carbons (Fsp3) is 0.381. The summed E-state index contributed by atoms with van der Waals surface area (Å²) in [6.07, 6.45) is 3.08. The zero-order chi connectivity index (χ0) is 18.5. The molecule has 1 saturated heterocycles. The van der Waals surface area contributed by atoms with Gasteiger partial charge in [0.25, 0.3) is 0 Å². The molecule has 3 rings (SSSR count). The van der Waals surface area contributed by atoms with E-state index in [2.05, 4.69) is 0 Å². The number of hydrogen-bond acceptors (Lipinski definition) is 3. The third kappa shape index (κ3) is 4.15. The normalized spacial score (nSPS) is 16.6. The lowest BCUT2D eigenvalue weighted by Crippen LogP contribution is -2.37. The highest BCUT2D eigenvalue weighted by Gasteiger charge is 2.28. The van der Waals surface area contributed by atoms with Crippen LogP contribution < -0.4 is 9.47 Å². The van der Waals surface area contributed by atoms with Crippen molar-refractivity contribution in [3.63, 3.8) is 0 Å². The first-order chi connectivity index (χ1) is 12.6. The molecule has 0 spiro atoms. The van der Waals surface area contributed by atoms with E-state index in [1.54, 1.807) is 26.4 Å². The number of carbonyl (C=O) groups is 1. The zero-order valence-corrected chi connectivity index (χ0v) is 15.2. The highest BCUT2D eigenvalue weighted by Crippen LogP contribution is 2.28. The summed E-state index contributed by atoms with van der Waals surface area (Å²) in [5.41, 5.74) is 1.96. The third-order valence-electron chi connectivity index (χ3n) is 4.89. The Morgan fingerprint density at radius 3 is 2.46 bits per heavy atom. The van der Waals surface area contributed by atoms with Crippen LogP contribution in [0.1, 0.15) is 24.0 Å². The molecule has 0 aliphatic carbocycles. The van der Waals surface area contributed by atoms with Crippen LogP contribution in [0, 0.1) is 5.82 Å². The molecule has 1 atom stereocenters. The lowest BCUT2D eigenvalue weighted by molar-refractivity contribution is -0.131. The summed E-state index contributed by atoms with van der Waals surface area (Å²) in [6, 6.07) is 12.3. The van der Waals surface area contributed by atoms with Gasteiger partial charge in [-0.3, -0.25) is 4.79 Å². The standard InChI is InChI=1S/C21H24FNO3/c1-25-19-10-7-16(13-20(19)26-2)14-21(24)23-11-3-4-18(23)12-15-5-8-17(22)9-6-15/h5-10,13,18H,3-4,11-12,14H2,1-2H3. The molecular formula is C21H24FNO3. The van der Waals surface area contributed by atoms with Gasteiger partial charge in [0.05, 0.1) is 20.6 Å². The Bertz CT molecular complexity index is 760. The molecule has 2 aromatic carbocycles. The maximum absolute atomic E-state index is 13.1. The van der Waals surface area contributed by atoms with Crippen molar-refractivity contribution in [3.05, 3.63) is 59.4 Å². The summed E-state index contributed by atoms with van der Waals surface area (Å²) < 4.78 is 23.6. The predicted octanol–water partition coefficient (Wildman–Crippen LogP) is 3.62. The highest BCUT2D eigenvalue weighted by molar-refractivity contribution is 5.79. The van der Waals surface area contributed by atoms with E-state index in [4.69, 9.17) is 9.47 Å². The van der Waals surface area contributed by atoms with Gasteiger partial charge in [-0.15, -0.1) is 0 Å². The van der Waals surface area contributed by atoms with E-state index in [1.165, 1.54) is 12.1 Å². The number of nitrogens with zero attached hydrogens (tertiary/aromatic N) is 1. The van der Waals surface area contributed by atoms with Crippen LogP contribution in [0.2, 0.25) is 0 Å². The van der Waals surface area contributed by atoms with Crippen molar-refractivity contribution in [2.45, 2.75) is 31.7 Å². The third-order valence-corrected chi connectivity index (χ3v) is 4.89. The maximum atomic E-state index is 13.1. The first kappa shape index (κ1) is 18.2. The molecule has 1 heterocycles. The van der Waals surface area contributed by atoms with Gasteiger partial charge in [-0.2, -0.15) is 0 Å². The molecule has 1 aliphatic heterocycles. The van der Waals surface area contributed by atoms with Crippen molar-refractivity contribution < 1.29 is 18.7 Å². The van der Waals surface area contributed by atoms with Crippen molar-refractivity contribution in [3.8, 4) is 11.5 Å². The molecule has 0 aromatic heterocycles. The Morgan fingerprint density at radius 1 is 1.08 bits per heavy atom. The minimum Gasteiger partial charge on any atom is -0.493 e. The fourth-order valence-electron chi connectivity index (χ4n) is 3.54. The van der Waals surface area contributed by atoms with E-state index >= 15 is 0 Å². The van der Waals surface area contributed by atoms with Crippen molar-refractivity contribution in [2.75, 3.05) is 20.8 Å². The number of benzene rings is 2. The van der Waals surface area contributed by atoms with Gasteiger partial charge in [0, 0.05) is 12.6 Å². The number of hydrogen-bond donors (Lipinski definition) is 0. The first-order valence-corrected chi connectivity index (χ1v) is 8.85. The molecule has 0 N–H and O–H groups in total. The van der Waals surface area contributed by atoms with Crippen LogP contribution in [-0.2, 0) is 17.6 Å². The Hall–Kier alpha value is -2.56. The molecule has 1 fully saturated rings. The average molecular weight is 357 g/mol. The molecule has 1 aliphatic rings. The SMILES string of the molecule is COc1ccc(CC(=O)N2CCCC2Cc2ccc(F)cc2)cc1OC. The zero-order valence-electron chi connectivity index (χ0n) is 15.2. The lowest BCUT2D eigenvalue weighted by atomic mass is 10.0. The van der Waals surface area contributed by atoms with E-state index in [0.717, 1.165) is 36.9 Å². The van der Waals surface area contributed by atoms with Gasteiger partial charge < -0.3 is 14.4 Å². The van der Waals surface area contributed by atoms with E-state index in [-0.39, 0.29) is 17.8 Å². The molecule has 138 valence electrons. The number of amides is 1. The lowest BCUT2D eigenvalue weighted by Gasteiger charge is -2.25. The largest absolute Gasteiger partial charge is 0.493 e. The molecule has 26 heavy (non-hydrogen) atoms.